The van der Waals surface area contributed by atoms with Crippen molar-refractivity contribution in [2.45, 2.75) is 11.2 Å². The van der Waals surface area contributed by atoms with Crippen LogP contribution in [0.1, 0.15) is 15.4 Å². The monoisotopic (exact) mass is 365 g/mol. The molecule has 0 radical (unpaired) electrons. The minimum atomic E-state index is -0.344. The third-order valence-electron chi connectivity index (χ3n) is 3.23. The van der Waals surface area contributed by atoms with E-state index in [9.17, 15) is 4.39 Å². The van der Waals surface area contributed by atoms with E-state index in [0.717, 1.165) is 22.5 Å². The maximum Gasteiger partial charge on any atom is 0.165 e. The summed E-state index contributed by atoms with van der Waals surface area (Å²) in [6.07, 6.45) is 0.727. The Hall–Kier alpha value is -1.46. The molecule has 0 N–H and O–H groups in total. The van der Waals surface area contributed by atoms with Crippen LogP contribution >= 0.6 is 27.3 Å². The van der Waals surface area contributed by atoms with E-state index in [4.69, 9.17) is 4.74 Å². The molecule has 1 atom stereocenters. The van der Waals surface area contributed by atoms with Crippen LogP contribution in [-0.2, 0) is 6.42 Å². The number of hydrogen-bond acceptors (Lipinski definition) is 3. The fourth-order valence-electron chi connectivity index (χ4n) is 2.16. The second-order valence-electron chi connectivity index (χ2n) is 4.64. The van der Waals surface area contributed by atoms with Crippen molar-refractivity contribution in [1.82, 2.24) is 4.98 Å². The first-order valence-electron chi connectivity index (χ1n) is 6.49. The summed E-state index contributed by atoms with van der Waals surface area (Å²) < 4.78 is 19.9. The molecule has 0 bridgehead atoms. The van der Waals surface area contributed by atoms with Gasteiger partial charge in [0.25, 0.3) is 0 Å². The Balaban J connectivity index is 1.82. The first kappa shape index (κ1) is 14.5. The summed E-state index contributed by atoms with van der Waals surface area (Å²) in [4.78, 5) is 4.63. The second-order valence-corrected chi connectivity index (χ2v) is 6.86. The van der Waals surface area contributed by atoms with Crippen LogP contribution < -0.4 is 4.74 Å². The van der Waals surface area contributed by atoms with Gasteiger partial charge in [-0.2, -0.15) is 0 Å². The summed E-state index contributed by atoms with van der Waals surface area (Å²) in [5.74, 6) is -0.0813. The number of halogens is 2. The molecule has 0 saturated carbocycles. The fraction of sp³-hybridized carbons (Fsp3) is 0.188. The van der Waals surface area contributed by atoms with Gasteiger partial charge in [0.15, 0.2) is 11.6 Å². The molecule has 2 aromatic carbocycles. The van der Waals surface area contributed by atoms with Crippen molar-refractivity contribution < 1.29 is 9.13 Å². The van der Waals surface area contributed by atoms with E-state index in [1.807, 2.05) is 24.3 Å². The van der Waals surface area contributed by atoms with Gasteiger partial charge in [-0.1, -0.05) is 34.1 Å². The average Bonchev–Trinajstić information content (AvgIpc) is 2.89. The molecule has 21 heavy (non-hydrogen) atoms. The molecule has 1 aromatic heterocycles. The zero-order valence-corrected chi connectivity index (χ0v) is 13.7. The van der Waals surface area contributed by atoms with Crippen LogP contribution in [0, 0.1) is 5.82 Å². The molecule has 0 aliphatic rings. The number of nitrogens with zero attached hydrogens (tertiary/aromatic N) is 1. The predicted molar refractivity (Wildman–Crippen MR) is 87.9 cm³/mol. The number of thiazole rings is 1. The molecule has 3 aromatic rings. The summed E-state index contributed by atoms with van der Waals surface area (Å²) in [6, 6.07) is 13.1. The van der Waals surface area contributed by atoms with Crippen LogP contribution in [-0.4, -0.2) is 12.1 Å². The van der Waals surface area contributed by atoms with Crippen LogP contribution in [0.5, 0.6) is 5.75 Å². The summed E-state index contributed by atoms with van der Waals surface area (Å²) in [5, 5.41) is 1.04. The van der Waals surface area contributed by atoms with E-state index in [2.05, 4.69) is 27.0 Å². The number of benzene rings is 2. The van der Waals surface area contributed by atoms with Crippen molar-refractivity contribution in [3.05, 3.63) is 58.9 Å². The van der Waals surface area contributed by atoms with Crippen molar-refractivity contribution in [1.29, 1.82) is 0 Å². The Bertz CT molecular complexity index is 741. The SMILES string of the molecule is COc1ccc(C(Br)Cc2nc3ccccc3s2)cc1F. The summed E-state index contributed by atoms with van der Waals surface area (Å²) in [7, 11) is 1.46. The number of para-hydroxylation sites is 1. The van der Waals surface area contributed by atoms with Crippen molar-refractivity contribution >= 4 is 37.5 Å². The molecule has 0 fully saturated rings. The maximum absolute atomic E-state index is 13.8. The first-order valence-corrected chi connectivity index (χ1v) is 8.22. The van der Waals surface area contributed by atoms with Gasteiger partial charge in [-0.05, 0) is 29.8 Å². The molecule has 108 valence electrons. The molecule has 0 spiro atoms. The highest BCUT2D eigenvalue weighted by Crippen LogP contribution is 2.32. The molecule has 3 rings (SSSR count). The molecular weight excluding hydrogens is 353 g/mol. The van der Waals surface area contributed by atoms with E-state index in [0.29, 0.717) is 0 Å². The first-order chi connectivity index (χ1) is 10.2. The van der Waals surface area contributed by atoms with Crippen molar-refractivity contribution in [2.24, 2.45) is 0 Å². The third kappa shape index (κ3) is 3.09. The molecule has 0 aliphatic heterocycles. The molecule has 0 aliphatic carbocycles. The van der Waals surface area contributed by atoms with Crippen LogP contribution in [0.25, 0.3) is 10.2 Å². The maximum atomic E-state index is 13.8. The Labute approximate surface area is 134 Å². The van der Waals surface area contributed by atoms with Crippen molar-refractivity contribution in [3.63, 3.8) is 0 Å². The minimum absolute atomic E-state index is 0.0264. The van der Waals surface area contributed by atoms with Gasteiger partial charge in [-0.3, -0.25) is 0 Å². The lowest BCUT2D eigenvalue weighted by Gasteiger charge is -2.10. The van der Waals surface area contributed by atoms with Crippen molar-refractivity contribution in [3.8, 4) is 5.75 Å². The highest BCUT2D eigenvalue weighted by molar-refractivity contribution is 9.09. The van der Waals surface area contributed by atoms with Crippen LogP contribution in [0.4, 0.5) is 4.39 Å². The molecule has 1 heterocycles. The number of fused-ring (bicyclic) bond motifs is 1. The van der Waals surface area contributed by atoms with Gasteiger partial charge in [-0.15, -0.1) is 11.3 Å². The Morgan fingerprint density at radius 2 is 2.10 bits per heavy atom. The lowest BCUT2D eigenvalue weighted by molar-refractivity contribution is 0.386. The van der Waals surface area contributed by atoms with E-state index in [1.54, 1.807) is 17.4 Å². The van der Waals surface area contributed by atoms with Gasteiger partial charge in [0.2, 0.25) is 0 Å². The normalized spacial score (nSPS) is 12.5. The van der Waals surface area contributed by atoms with Crippen LogP contribution in [0.3, 0.4) is 0 Å². The van der Waals surface area contributed by atoms with Gasteiger partial charge in [0.1, 0.15) is 0 Å². The minimum Gasteiger partial charge on any atom is -0.494 e. The third-order valence-corrected chi connectivity index (χ3v) is 5.14. The van der Waals surface area contributed by atoms with E-state index < -0.39 is 0 Å². The zero-order chi connectivity index (χ0) is 14.8. The lowest BCUT2D eigenvalue weighted by Crippen LogP contribution is -1.97. The number of rotatable bonds is 4. The van der Waals surface area contributed by atoms with Crippen LogP contribution in [0.2, 0.25) is 0 Å². The summed E-state index contributed by atoms with van der Waals surface area (Å²) >= 11 is 5.29. The molecular formula is C16H13BrFNOS. The molecule has 1 unspecified atom stereocenters. The number of aromatic nitrogens is 1. The number of alkyl halides is 1. The quantitative estimate of drug-likeness (QED) is 0.598. The smallest absolute Gasteiger partial charge is 0.165 e. The van der Waals surface area contributed by atoms with E-state index >= 15 is 0 Å². The Kier molecular flexibility index (Phi) is 4.22. The van der Waals surface area contributed by atoms with Crippen molar-refractivity contribution in [2.75, 3.05) is 7.11 Å². The lowest BCUT2D eigenvalue weighted by atomic mass is 10.1. The van der Waals surface area contributed by atoms with Gasteiger partial charge < -0.3 is 4.74 Å². The second kappa shape index (κ2) is 6.12. The highest BCUT2D eigenvalue weighted by Gasteiger charge is 2.14. The standard InChI is InChI=1S/C16H13BrFNOS/c1-20-14-7-6-10(8-12(14)18)11(17)9-16-19-13-4-2-3-5-15(13)21-16/h2-8,11H,9H2,1H3. The molecule has 0 amide bonds. The molecule has 2 nitrogen and oxygen atoms in total. The molecule has 0 saturated heterocycles. The van der Waals surface area contributed by atoms with Gasteiger partial charge in [0.05, 0.1) is 22.3 Å². The predicted octanol–water partition coefficient (Wildman–Crippen LogP) is 5.12. The summed E-state index contributed by atoms with van der Waals surface area (Å²) in [5.41, 5.74) is 1.89. The van der Waals surface area contributed by atoms with Crippen LogP contribution in [0.15, 0.2) is 42.5 Å². The zero-order valence-electron chi connectivity index (χ0n) is 11.3. The van der Waals surface area contributed by atoms with Gasteiger partial charge >= 0.3 is 0 Å². The Morgan fingerprint density at radius 3 is 2.81 bits per heavy atom. The van der Waals surface area contributed by atoms with E-state index in [1.165, 1.54) is 17.9 Å². The van der Waals surface area contributed by atoms with Gasteiger partial charge in [-0.25, -0.2) is 9.37 Å². The summed E-state index contributed by atoms with van der Waals surface area (Å²) in [6.45, 7) is 0. The number of hydrogen-bond donors (Lipinski definition) is 0. The highest BCUT2D eigenvalue weighted by atomic mass is 79.9. The molecule has 5 heteroatoms. The average molecular weight is 366 g/mol. The Morgan fingerprint density at radius 1 is 1.29 bits per heavy atom. The topological polar surface area (TPSA) is 22.1 Å². The fourth-order valence-corrected chi connectivity index (χ4v) is 3.97. The number of ether oxygens (including phenoxy) is 1. The number of methoxy groups -OCH3 is 1. The van der Waals surface area contributed by atoms with Gasteiger partial charge in [0, 0.05) is 11.2 Å². The van der Waals surface area contributed by atoms with E-state index in [-0.39, 0.29) is 16.4 Å². The largest absolute Gasteiger partial charge is 0.494 e.